The average Bonchev–Trinajstić information content (AvgIpc) is 3.44. The molecule has 0 spiro atoms. The largest absolute Gasteiger partial charge is 0.461 e. The van der Waals surface area contributed by atoms with E-state index in [4.69, 9.17) is 9.15 Å². The van der Waals surface area contributed by atoms with Gasteiger partial charge < -0.3 is 14.5 Å². The molecule has 0 atom stereocenters. The van der Waals surface area contributed by atoms with Gasteiger partial charge in [0.25, 0.3) is 0 Å². The first kappa shape index (κ1) is 20.3. The Morgan fingerprint density at radius 3 is 2.52 bits per heavy atom. The van der Waals surface area contributed by atoms with Crippen LogP contribution in [0.15, 0.2) is 71.3 Å². The van der Waals surface area contributed by atoms with E-state index in [9.17, 15) is 9.18 Å². The van der Waals surface area contributed by atoms with Crippen LogP contribution in [-0.2, 0) is 11.4 Å². The lowest BCUT2D eigenvalue weighted by Gasteiger charge is -2.09. The molecule has 0 unspecified atom stereocenters. The Balaban J connectivity index is 1.58. The van der Waals surface area contributed by atoms with E-state index in [1.54, 1.807) is 47.3 Å². The van der Waals surface area contributed by atoms with Crippen LogP contribution in [0.3, 0.4) is 0 Å². The molecule has 0 aliphatic heterocycles. The van der Waals surface area contributed by atoms with Crippen LogP contribution in [0.2, 0.25) is 0 Å². The summed E-state index contributed by atoms with van der Waals surface area (Å²) in [7, 11) is 0. The maximum Gasteiger partial charge on any atom is 0.336 e. The fourth-order valence-electron chi connectivity index (χ4n) is 2.80. The Labute approximate surface area is 178 Å². The summed E-state index contributed by atoms with van der Waals surface area (Å²) < 4.78 is 25.9. The van der Waals surface area contributed by atoms with Gasteiger partial charge in [-0.15, -0.1) is 5.10 Å². The molecule has 1 amide bonds. The molecule has 4 rings (SSSR count). The third-order valence-corrected chi connectivity index (χ3v) is 4.51. The molecule has 31 heavy (non-hydrogen) atoms. The molecule has 7 nitrogen and oxygen atoms in total. The smallest absolute Gasteiger partial charge is 0.336 e. The number of benzene rings is 2. The highest BCUT2D eigenvalue weighted by atomic mass is 19.1. The highest BCUT2D eigenvalue weighted by Gasteiger charge is 2.17. The van der Waals surface area contributed by atoms with Crippen LogP contribution in [0.5, 0.6) is 6.01 Å². The molecule has 0 aliphatic rings. The first-order chi connectivity index (χ1) is 15.0. The molecule has 0 fully saturated rings. The number of hydrogen-bond donors (Lipinski definition) is 1. The van der Waals surface area contributed by atoms with Gasteiger partial charge in [-0.1, -0.05) is 26.0 Å². The van der Waals surface area contributed by atoms with Gasteiger partial charge in [-0.05, 0) is 54.1 Å². The van der Waals surface area contributed by atoms with Gasteiger partial charge in [0.15, 0.2) is 5.76 Å². The number of carbonyl (C=O) groups is 1. The SMILES string of the molecule is CC(C)C(=O)Nc1ccc(-n2nc(OCc3ccc(F)cc3)nc2-c2ccco2)cc1. The van der Waals surface area contributed by atoms with Crippen LogP contribution in [-0.4, -0.2) is 20.7 Å². The number of halogens is 1. The summed E-state index contributed by atoms with van der Waals surface area (Å²) in [5.41, 5.74) is 2.20. The summed E-state index contributed by atoms with van der Waals surface area (Å²) in [6.07, 6.45) is 1.55. The lowest BCUT2D eigenvalue weighted by molar-refractivity contribution is -0.118. The Morgan fingerprint density at radius 2 is 1.87 bits per heavy atom. The highest BCUT2D eigenvalue weighted by molar-refractivity contribution is 5.92. The van der Waals surface area contributed by atoms with Crippen molar-refractivity contribution >= 4 is 11.6 Å². The molecule has 2 aromatic carbocycles. The summed E-state index contributed by atoms with van der Waals surface area (Å²) in [5, 5.41) is 7.31. The van der Waals surface area contributed by atoms with Gasteiger partial charge in [0.05, 0.1) is 12.0 Å². The number of carbonyl (C=O) groups excluding carboxylic acids is 1. The molecule has 8 heteroatoms. The van der Waals surface area contributed by atoms with E-state index in [1.165, 1.54) is 12.1 Å². The second-order valence-electron chi connectivity index (χ2n) is 7.21. The van der Waals surface area contributed by atoms with E-state index in [1.807, 2.05) is 26.0 Å². The van der Waals surface area contributed by atoms with Crippen molar-refractivity contribution in [3.63, 3.8) is 0 Å². The van der Waals surface area contributed by atoms with Crippen LogP contribution in [0, 0.1) is 11.7 Å². The van der Waals surface area contributed by atoms with Gasteiger partial charge in [0.2, 0.25) is 11.7 Å². The monoisotopic (exact) mass is 420 g/mol. The van der Waals surface area contributed by atoms with Crippen LogP contribution in [0.1, 0.15) is 19.4 Å². The number of aromatic nitrogens is 3. The molecule has 0 aliphatic carbocycles. The molecule has 0 radical (unpaired) electrons. The van der Waals surface area contributed by atoms with E-state index < -0.39 is 0 Å². The number of furan rings is 1. The maximum atomic E-state index is 13.1. The zero-order valence-electron chi connectivity index (χ0n) is 17.1. The number of amides is 1. The van der Waals surface area contributed by atoms with Crippen molar-refractivity contribution in [3.05, 3.63) is 78.3 Å². The Bertz CT molecular complexity index is 1150. The first-order valence-electron chi connectivity index (χ1n) is 9.79. The Hall–Kier alpha value is -3.94. The number of anilines is 1. The van der Waals surface area contributed by atoms with E-state index in [2.05, 4.69) is 15.4 Å². The predicted octanol–water partition coefficient (Wildman–Crippen LogP) is 4.84. The summed E-state index contributed by atoms with van der Waals surface area (Å²) in [4.78, 5) is 16.3. The minimum Gasteiger partial charge on any atom is -0.461 e. The first-order valence-corrected chi connectivity index (χ1v) is 9.79. The molecule has 2 aromatic heterocycles. The van der Waals surface area contributed by atoms with Crippen molar-refractivity contribution in [3.8, 4) is 23.3 Å². The molecular formula is C23H21FN4O3. The predicted molar refractivity (Wildman–Crippen MR) is 113 cm³/mol. The van der Waals surface area contributed by atoms with Crippen LogP contribution in [0.4, 0.5) is 10.1 Å². The number of nitrogens with one attached hydrogen (secondary N) is 1. The molecule has 0 saturated carbocycles. The zero-order chi connectivity index (χ0) is 21.8. The minimum atomic E-state index is -0.306. The normalized spacial score (nSPS) is 11.0. The van der Waals surface area contributed by atoms with Crippen LogP contribution < -0.4 is 10.1 Å². The summed E-state index contributed by atoms with van der Waals surface area (Å²) in [6, 6.07) is 17.0. The highest BCUT2D eigenvalue weighted by Crippen LogP contribution is 2.25. The lowest BCUT2D eigenvalue weighted by atomic mass is 10.2. The minimum absolute atomic E-state index is 0.0544. The molecule has 158 valence electrons. The fourth-order valence-corrected chi connectivity index (χ4v) is 2.80. The molecule has 2 heterocycles. The number of rotatable bonds is 7. The van der Waals surface area contributed by atoms with Crippen molar-refractivity contribution in [1.29, 1.82) is 0 Å². The number of nitrogens with zero attached hydrogens (tertiary/aromatic N) is 3. The summed E-state index contributed by atoms with van der Waals surface area (Å²) in [5.74, 6) is 0.529. The second-order valence-corrected chi connectivity index (χ2v) is 7.21. The lowest BCUT2D eigenvalue weighted by Crippen LogP contribution is -2.17. The van der Waals surface area contributed by atoms with Crippen molar-refractivity contribution in [2.75, 3.05) is 5.32 Å². The van der Waals surface area contributed by atoms with Gasteiger partial charge >= 0.3 is 6.01 Å². The van der Waals surface area contributed by atoms with Crippen LogP contribution >= 0.6 is 0 Å². The fraction of sp³-hybridized carbons (Fsp3) is 0.174. The molecule has 0 bridgehead atoms. The molecule has 1 N–H and O–H groups in total. The number of hydrogen-bond acceptors (Lipinski definition) is 5. The van der Waals surface area contributed by atoms with Crippen LogP contribution in [0.25, 0.3) is 17.3 Å². The van der Waals surface area contributed by atoms with E-state index >= 15 is 0 Å². The molecule has 0 saturated heterocycles. The Kier molecular flexibility index (Phi) is 5.79. The van der Waals surface area contributed by atoms with Gasteiger partial charge in [-0.2, -0.15) is 4.98 Å². The number of ether oxygens (including phenoxy) is 1. The standard InChI is InChI=1S/C23H21FN4O3/c1-15(2)22(29)25-18-9-11-19(12-10-18)28-21(20-4-3-13-30-20)26-23(27-28)31-14-16-5-7-17(24)8-6-16/h3-13,15H,14H2,1-2H3,(H,25,29). The van der Waals surface area contributed by atoms with E-state index in [-0.39, 0.29) is 30.3 Å². The summed E-state index contributed by atoms with van der Waals surface area (Å²) in [6.45, 7) is 3.87. The van der Waals surface area contributed by atoms with Gasteiger partial charge in [-0.3, -0.25) is 4.79 Å². The maximum absolute atomic E-state index is 13.1. The van der Waals surface area contributed by atoms with Crippen molar-refractivity contribution in [2.45, 2.75) is 20.5 Å². The topological polar surface area (TPSA) is 82.2 Å². The average molecular weight is 420 g/mol. The third-order valence-electron chi connectivity index (χ3n) is 4.51. The summed E-state index contributed by atoms with van der Waals surface area (Å²) >= 11 is 0. The zero-order valence-corrected chi connectivity index (χ0v) is 17.1. The Morgan fingerprint density at radius 1 is 1.13 bits per heavy atom. The van der Waals surface area contributed by atoms with Gasteiger partial charge in [-0.25, -0.2) is 9.07 Å². The van der Waals surface area contributed by atoms with Crippen molar-refractivity contribution < 1.29 is 18.3 Å². The van der Waals surface area contributed by atoms with E-state index in [0.29, 0.717) is 17.3 Å². The van der Waals surface area contributed by atoms with Crippen molar-refractivity contribution in [2.24, 2.45) is 5.92 Å². The molecule has 4 aromatic rings. The third kappa shape index (κ3) is 4.80. The molecular weight excluding hydrogens is 399 g/mol. The second kappa shape index (κ2) is 8.83. The van der Waals surface area contributed by atoms with E-state index in [0.717, 1.165) is 11.3 Å². The van der Waals surface area contributed by atoms with Gasteiger partial charge in [0.1, 0.15) is 12.4 Å². The van der Waals surface area contributed by atoms with Gasteiger partial charge in [0, 0.05) is 11.6 Å². The van der Waals surface area contributed by atoms with Crippen molar-refractivity contribution in [1.82, 2.24) is 14.8 Å². The quantitative estimate of drug-likeness (QED) is 0.463.